The summed E-state index contributed by atoms with van der Waals surface area (Å²) in [5, 5.41) is 9.15. The molecule has 1 atom stereocenters. The number of morpholine rings is 1. The summed E-state index contributed by atoms with van der Waals surface area (Å²) in [7, 11) is 1.75. The Balaban J connectivity index is 1.79. The minimum atomic E-state index is -0.906. The third-order valence-electron chi connectivity index (χ3n) is 4.54. The fourth-order valence-electron chi connectivity index (χ4n) is 3.06. The Morgan fingerprint density at radius 2 is 1.83 bits per heavy atom. The number of benzene rings is 1. The molecule has 1 fully saturated rings. The van der Waals surface area contributed by atoms with Gasteiger partial charge in [0.25, 0.3) is 0 Å². The molecule has 1 unspecified atom stereocenters. The molecular formula is C18H22N2O3. The standard InChI is InChI=1S/C18H22N2O3/c1-13(20-7-9-23-10-8-20)14-3-5-15(6-4-14)16-11-17(18(21)22)19(2)12-16/h3-6,11-13H,7-10H2,1-2H3,(H,21,22). The van der Waals surface area contributed by atoms with E-state index in [9.17, 15) is 4.79 Å². The first-order valence-electron chi connectivity index (χ1n) is 7.88. The summed E-state index contributed by atoms with van der Waals surface area (Å²) in [5.74, 6) is -0.906. The second kappa shape index (κ2) is 6.56. The Labute approximate surface area is 136 Å². The highest BCUT2D eigenvalue weighted by atomic mass is 16.5. The van der Waals surface area contributed by atoms with Crippen LogP contribution in [0.2, 0.25) is 0 Å². The number of hydrogen-bond donors (Lipinski definition) is 1. The van der Waals surface area contributed by atoms with Gasteiger partial charge in [-0.25, -0.2) is 4.79 Å². The van der Waals surface area contributed by atoms with Gasteiger partial charge in [0.15, 0.2) is 0 Å². The fraction of sp³-hybridized carbons (Fsp3) is 0.389. The van der Waals surface area contributed by atoms with Crippen LogP contribution in [0, 0.1) is 0 Å². The smallest absolute Gasteiger partial charge is 0.352 e. The van der Waals surface area contributed by atoms with Crippen molar-refractivity contribution in [2.75, 3.05) is 26.3 Å². The van der Waals surface area contributed by atoms with E-state index < -0.39 is 5.97 Å². The lowest BCUT2D eigenvalue weighted by Crippen LogP contribution is -2.37. The quantitative estimate of drug-likeness (QED) is 0.943. The Hall–Kier alpha value is -2.11. The molecule has 3 rings (SSSR count). The summed E-state index contributed by atoms with van der Waals surface area (Å²) < 4.78 is 7.04. The lowest BCUT2D eigenvalue weighted by molar-refractivity contribution is 0.0198. The van der Waals surface area contributed by atoms with Crippen molar-refractivity contribution >= 4 is 5.97 Å². The summed E-state index contributed by atoms with van der Waals surface area (Å²) in [6.45, 7) is 5.73. The van der Waals surface area contributed by atoms with Crippen molar-refractivity contribution in [2.24, 2.45) is 7.05 Å². The average Bonchev–Trinajstić information content (AvgIpc) is 2.97. The first-order chi connectivity index (χ1) is 11.1. The minimum Gasteiger partial charge on any atom is -0.477 e. The van der Waals surface area contributed by atoms with Gasteiger partial charge in [0.1, 0.15) is 5.69 Å². The normalized spacial score (nSPS) is 17.1. The molecule has 1 aliphatic rings. The molecule has 122 valence electrons. The first-order valence-corrected chi connectivity index (χ1v) is 7.88. The van der Waals surface area contributed by atoms with Gasteiger partial charge >= 0.3 is 5.97 Å². The predicted octanol–water partition coefficient (Wildman–Crippen LogP) is 2.78. The van der Waals surface area contributed by atoms with Gasteiger partial charge in [-0.3, -0.25) is 4.90 Å². The molecule has 0 bridgehead atoms. The second-order valence-corrected chi connectivity index (χ2v) is 5.98. The van der Waals surface area contributed by atoms with Gasteiger partial charge in [0.05, 0.1) is 13.2 Å². The van der Waals surface area contributed by atoms with Gasteiger partial charge in [-0.2, -0.15) is 0 Å². The largest absolute Gasteiger partial charge is 0.477 e. The zero-order valence-electron chi connectivity index (χ0n) is 13.5. The number of rotatable bonds is 4. The van der Waals surface area contributed by atoms with E-state index in [1.807, 2.05) is 6.20 Å². The number of nitrogens with zero attached hydrogens (tertiary/aromatic N) is 2. The Morgan fingerprint density at radius 3 is 2.39 bits per heavy atom. The highest BCUT2D eigenvalue weighted by molar-refractivity contribution is 5.88. The molecule has 0 aliphatic carbocycles. The number of carboxylic acids is 1. The van der Waals surface area contributed by atoms with Crippen LogP contribution in [0.25, 0.3) is 11.1 Å². The van der Waals surface area contributed by atoms with Gasteiger partial charge < -0.3 is 14.4 Å². The lowest BCUT2D eigenvalue weighted by Gasteiger charge is -2.32. The van der Waals surface area contributed by atoms with E-state index in [1.54, 1.807) is 17.7 Å². The molecule has 1 aliphatic heterocycles. The van der Waals surface area contributed by atoms with E-state index >= 15 is 0 Å². The van der Waals surface area contributed by atoms with Crippen LogP contribution in [0.1, 0.15) is 29.0 Å². The van der Waals surface area contributed by atoms with Crippen molar-refractivity contribution in [2.45, 2.75) is 13.0 Å². The number of aromatic nitrogens is 1. The summed E-state index contributed by atoms with van der Waals surface area (Å²) in [6, 6.07) is 10.5. The number of carboxylic acid groups (broad SMARTS) is 1. The van der Waals surface area contributed by atoms with Crippen LogP contribution in [0.5, 0.6) is 0 Å². The van der Waals surface area contributed by atoms with Crippen molar-refractivity contribution in [3.63, 3.8) is 0 Å². The van der Waals surface area contributed by atoms with Crippen LogP contribution in [0.3, 0.4) is 0 Å². The predicted molar refractivity (Wildman–Crippen MR) is 88.6 cm³/mol. The summed E-state index contributed by atoms with van der Waals surface area (Å²) >= 11 is 0. The van der Waals surface area contributed by atoms with Crippen molar-refractivity contribution in [1.29, 1.82) is 0 Å². The molecule has 0 spiro atoms. The molecule has 0 radical (unpaired) electrons. The third-order valence-corrected chi connectivity index (χ3v) is 4.54. The zero-order chi connectivity index (χ0) is 16.4. The van der Waals surface area contributed by atoms with Gasteiger partial charge in [-0.1, -0.05) is 24.3 Å². The van der Waals surface area contributed by atoms with E-state index in [4.69, 9.17) is 9.84 Å². The Morgan fingerprint density at radius 1 is 1.17 bits per heavy atom. The molecule has 23 heavy (non-hydrogen) atoms. The third kappa shape index (κ3) is 3.30. The summed E-state index contributed by atoms with van der Waals surface area (Å²) in [5.41, 5.74) is 3.53. The van der Waals surface area contributed by atoms with E-state index in [2.05, 4.69) is 36.1 Å². The van der Waals surface area contributed by atoms with Gasteiger partial charge in [0.2, 0.25) is 0 Å². The van der Waals surface area contributed by atoms with Crippen LogP contribution in [0.15, 0.2) is 36.5 Å². The highest BCUT2D eigenvalue weighted by Gasteiger charge is 2.18. The number of carbonyl (C=O) groups is 1. The molecule has 5 nitrogen and oxygen atoms in total. The van der Waals surface area contributed by atoms with Crippen LogP contribution in [0.4, 0.5) is 0 Å². The monoisotopic (exact) mass is 314 g/mol. The number of ether oxygens (including phenoxy) is 1. The van der Waals surface area contributed by atoms with Gasteiger partial charge in [-0.15, -0.1) is 0 Å². The van der Waals surface area contributed by atoms with Gasteiger partial charge in [0, 0.05) is 37.9 Å². The van der Waals surface area contributed by atoms with Crippen molar-refractivity contribution < 1.29 is 14.6 Å². The van der Waals surface area contributed by atoms with Crippen LogP contribution < -0.4 is 0 Å². The van der Waals surface area contributed by atoms with E-state index in [1.165, 1.54) is 5.56 Å². The average molecular weight is 314 g/mol. The number of aromatic carboxylic acids is 1. The molecule has 5 heteroatoms. The molecular weight excluding hydrogens is 292 g/mol. The second-order valence-electron chi connectivity index (χ2n) is 5.98. The lowest BCUT2D eigenvalue weighted by atomic mass is 10.0. The van der Waals surface area contributed by atoms with Crippen molar-refractivity contribution in [3.8, 4) is 11.1 Å². The van der Waals surface area contributed by atoms with Crippen molar-refractivity contribution in [3.05, 3.63) is 47.8 Å². The molecule has 1 aromatic carbocycles. The molecule has 1 aromatic heterocycles. The SMILES string of the molecule is CC(c1ccc(-c2cc(C(=O)O)n(C)c2)cc1)N1CCOCC1. The molecule has 1 saturated heterocycles. The zero-order valence-corrected chi connectivity index (χ0v) is 13.5. The van der Waals surface area contributed by atoms with Gasteiger partial charge in [-0.05, 0) is 24.1 Å². The number of aryl methyl sites for hydroxylation is 1. The molecule has 2 aromatic rings. The topological polar surface area (TPSA) is 54.7 Å². The van der Waals surface area contributed by atoms with E-state index in [0.717, 1.165) is 37.4 Å². The first kappa shape index (κ1) is 15.8. The molecule has 0 saturated carbocycles. The Kier molecular flexibility index (Phi) is 4.50. The molecule has 1 N–H and O–H groups in total. The minimum absolute atomic E-state index is 0.297. The maximum absolute atomic E-state index is 11.1. The van der Waals surface area contributed by atoms with Crippen LogP contribution in [-0.4, -0.2) is 46.8 Å². The highest BCUT2D eigenvalue weighted by Crippen LogP contribution is 2.26. The summed E-state index contributed by atoms with van der Waals surface area (Å²) in [4.78, 5) is 13.6. The maximum Gasteiger partial charge on any atom is 0.352 e. The fourth-order valence-corrected chi connectivity index (χ4v) is 3.06. The van der Waals surface area contributed by atoms with E-state index in [-0.39, 0.29) is 0 Å². The molecule has 0 amide bonds. The van der Waals surface area contributed by atoms with Crippen LogP contribution >= 0.6 is 0 Å². The van der Waals surface area contributed by atoms with E-state index in [0.29, 0.717) is 11.7 Å². The Bertz CT molecular complexity index is 685. The summed E-state index contributed by atoms with van der Waals surface area (Å²) in [6.07, 6.45) is 1.85. The molecule has 2 heterocycles. The number of hydrogen-bond acceptors (Lipinski definition) is 3. The van der Waals surface area contributed by atoms with Crippen molar-refractivity contribution in [1.82, 2.24) is 9.47 Å². The van der Waals surface area contributed by atoms with Crippen LogP contribution in [-0.2, 0) is 11.8 Å². The maximum atomic E-state index is 11.1.